The van der Waals surface area contributed by atoms with Gasteiger partial charge in [0.2, 0.25) is 0 Å². The first-order valence-corrected chi connectivity index (χ1v) is 7.27. The van der Waals surface area contributed by atoms with Crippen molar-refractivity contribution in [3.63, 3.8) is 0 Å². The van der Waals surface area contributed by atoms with Gasteiger partial charge in [-0.15, -0.1) is 0 Å². The molecule has 1 aliphatic heterocycles. The van der Waals surface area contributed by atoms with E-state index in [1.54, 1.807) is 17.0 Å². The van der Waals surface area contributed by atoms with Crippen molar-refractivity contribution in [3.8, 4) is 0 Å². The molecule has 5 nitrogen and oxygen atoms in total. The topological polar surface area (TPSA) is 70.5 Å². The number of carbonyl (C=O) groups is 2. The summed E-state index contributed by atoms with van der Waals surface area (Å²) in [4.78, 5) is 29.5. The summed E-state index contributed by atoms with van der Waals surface area (Å²) < 4.78 is 0. The second kappa shape index (κ2) is 5.68. The number of carboxylic acid groups (broad SMARTS) is 1. The average Bonchev–Trinajstić information content (AvgIpc) is 2.80. The molecule has 1 aliphatic rings. The van der Waals surface area contributed by atoms with Crippen molar-refractivity contribution in [3.05, 3.63) is 65.0 Å². The van der Waals surface area contributed by atoms with Crippen molar-refractivity contribution < 1.29 is 14.7 Å². The van der Waals surface area contributed by atoms with Crippen LogP contribution in [0.3, 0.4) is 0 Å². The quantitative estimate of drug-likeness (QED) is 0.884. The number of carbonyl (C=O) groups excluding carboxylic acids is 1. The molecular weight excluding hydrogens is 292 g/mol. The molecule has 0 radical (unpaired) electrons. The van der Waals surface area contributed by atoms with E-state index in [-0.39, 0.29) is 18.1 Å². The number of anilines is 1. The lowest BCUT2D eigenvalue weighted by molar-refractivity contribution is -0.113. The zero-order valence-electron chi connectivity index (χ0n) is 12.9. The van der Waals surface area contributed by atoms with Gasteiger partial charge < -0.3 is 10.0 Å². The third-order valence-corrected chi connectivity index (χ3v) is 3.77. The molecule has 0 unspecified atom stereocenters. The molecule has 116 valence electrons. The molecule has 2 aromatic rings. The van der Waals surface area contributed by atoms with E-state index in [4.69, 9.17) is 5.11 Å². The highest BCUT2D eigenvalue weighted by Gasteiger charge is 2.32. The molecule has 1 amide bonds. The number of para-hydroxylation sites is 1. The van der Waals surface area contributed by atoms with Crippen LogP contribution in [0.4, 0.5) is 5.69 Å². The summed E-state index contributed by atoms with van der Waals surface area (Å²) >= 11 is 0. The van der Waals surface area contributed by atoms with Gasteiger partial charge in [0, 0.05) is 11.1 Å². The molecule has 0 saturated carbocycles. The Kier molecular flexibility index (Phi) is 3.70. The Labute approximate surface area is 133 Å². The Balaban J connectivity index is 2.01. The van der Waals surface area contributed by atoms with Gasteiger partial charge in [-0.2, -0.15) is 0 Å². The number of benzene rings is 1. The van der Waals surface area contributed by atoms with E-state index in [1.807, 2.05) is 38.1 Å². The number of pyridine rings is 1. The number of amides is 1. The standard InChI is InChI=1S/C18H16N2O3/c1-11(2)16-13-7-3-4-9-15(13)20(17(16)21)10-12-6-5-8-14(19-12)18(22)23/h3-9H,10H2,1-2H3,(H,22,23). The maximum Gasteiger partial charge on any atom is 0.354 e. The molecule has 1 aromatic carbocycles. The summed E-state index contributed by atoms with van der Waals surface area (Å²) in [6.45, 7) is 4.07. The third-order valence-electron chi connectivity index (χ3n) is 3.77. The normalized spacial score (nSPS) is 13.2. The average molecular weight is 308 g/mol. The van der Waals surface area contributed by atoms with Crippen LogP contribution >= 0.6 is 0 Å². The maximum atomic E-state index is 12.8. The third kappa shape index (κ3) is 2.61. The molecule has 2 heterocycles. The first-order valence-electron chi connectivity index (χ1n) is 7.27. The van der Waals surface area contributed by atoms with Crippen molar-refractivity contribution in [1.29, 1.82) is 0 Å². The molecule has 23 heavy (non-hydrogen) atoms. The number of hydrogen-bond donors (Lipinski definition) is 1. The summed E-state index contributed by atoms with van der Waals surface area (Å²) in [7, 11) is 0. The van der Waals surface area contributed by atoms with Gasteiger partial charge in [0.15, 0.2) is 0 Å². The summed E-state index contributed by atoms with van der Waals surface area (Å²) in [5, 5.41) is 9.04. The fourth-order valence-electron chi connectivity index (χ4n) is 2.77. The van der Waals surface area contributed by atoms with E-state index in [0.29, 0.717) is 11.3 Å². The second-order valence-corrected chi connectivity index (χ2v) is 5.60. The van der Waals surface area contributed by atoms with Gasteiger partial charge in [-0.05, 0) is 32.0 Å². The first kappa shape index (κ1) is 15.0. The molecule has 0 saturated heterocycles. The Bertz CT molecular complexity index is 836. The second-order valence-electron chi connectivity index (χ2n) is 5.60. The first-order chi connectivity index (χ1) is 11.0. The molecule has 1 aromatic heterocycles. The Morgan fingerprint density at radius 3 is 2.57 bits per heavy atom. The lowest BCUT2D eigenvalue weighted by Crippen LogP contribution is -2.26. The minimum atomic E-state index is -1.08. The molecule has 1 N–H and O–H groups in total. The van der Waals surface area contributed by atoms with Crippen molar-refractivity contribution in [1.82, 2.24) is 4.98 Å². The van der Waals surface area contributed by atoms with E-state index in [0.717, 1.165) is 16.8 Å². The SMILES string of the molecule is CC(C)=C1C(=O)N(Cc2cccc(C(=O)O)n2)c2ccccc21. The van der Waals surface area contributed by atoms with Crippen LogP contribution in [0.25, 0.3) is 5.57 Å². The lowest BCUT2D eigenvalue weighted by atomic mass is 10.0. The monoisotopic (exact) mass is 308 g/mol. The largest absolute Gasteiger partial charge is 0.477 e. The predicted molar refractivity (Wildman–Crippen MR) is 87.1 cm³/mol. The molecule has 0 atom stereocenters. The number of aromatic carboxylic acids is 1. The van der Waals surface area contributed by atoms with Gasteiger partial charge in [0.1, 0.15) is 5.69 Å². The van der Waals surface area contributed by atoms with Gasteiger partial charge in [-0.25, -0.2) is 9.78 Å². The summed E-state index contributed by atoms with van der Waals surface area (Å²) in [6.07, 6.45) is 0. The van der Waals surface area contributed by atoms with Gasteiger partial charge in [0.25, 0.3) is 5.91 Å². The van der Waals surface area contributed by atoms with E-state index >= 15 is 0 Å². The van der Waals surface area contributed by atoms with Gasteiger partial charge in [-0.3, -0.25) is 4.79 Å². The van der Waals surface area contributed by atoms with Crippen molar-refractivity contribution in [2.24, 2.45) is 0 Å². The van der Waals surface area contributed by atoms with E-state index in [2.05, 4.69) is 4.98 Å². The highest BCUT2D eigenvalue weighted by atomic mass is 16.4. The van der Waals surface area contributed by atoms with Crippen LogP contribution in [0.5, 0.6) is 0 Å². The molecule has 0 fully saturated rings. The maximum absolute atomic E-state index is 12.8. The van der Waals surface area contributed by atoms with E-state index in [9.17, 15) is 9.59 Å². The fraction of sp³-hybridized carbons (Fsp3) is 0.167. The Hall–Kier alpha value is -2.95. The smallest absolute Gasteiger partial charge is 0.354 e. The van der Waals surface area contributed by atoms with Crippen LogP contribution in [-0.4, -0.2) is 22.0 Å². The number of carboxylic acids is 1. The summed E-state index contributed by atoms with van der Waals surface area (Å²) in [6, 6.07) is 12.4. The van der Waals surface area contributed by atoms with Gasteiger partial charge in [-0.1, -0.05) is 29.8 Å². The minimum Gasteiger partial charge on any atom is -0.477 e. The van der Waals surface area contributed by atoms with Crippen LogP contribution in [-0.2, 0) is 11.3 Å². The number of rotatable bonds is 3. The number of aromatic nitrogens is 1. The fourth-order valence-corrected chi connectivity index (χ4v) is 2.77. The highest BCUT2D eigenvalue weighted by Crippen LogP contribution is 2.38. The zero-order valence-corrected chi connectivity index (χ0v) is 12.9. The van der Waals surface area contributed by atoms with Crippen LogP contribution in [0.15, 0.2) is 48.0 Å². The molecule has 0 aliphatic carbocycles. The summed E-state index contributed by atoms with van der Waals surface area (Å²) in [5.74, 6) is -1.15. The van der Waals surface area contributed by atoms with Gasteiger partial charge >= 0.3 is 5.97 Å². The van der Waals surface area contributed by atoms with Crippen LogP contribution < -0.4 is 4.90 Å². The van der Waals surface area contributed by atoms with Crippen LogP contribution in [0.1, 0.15) is 35.6 Å². The van der Waals surface area contributed by atoms with E-state index in [1.165, 1.54) is 6.07 Å². The molecule has 0 bridgehead atoms. The zero-order chi connectivity index (χ0) is 16.6. The number of fused-ring (bicyclic) bond motifs is 1. The van der Waals surface area contributed by atoms with Crippen LogP contribution in [0.2, 0.25) is 0 Å². The molecule has 3 rings (SSSR count). The van der Waals surface area contributed by atoms with Crippen LogP contribution in [0, 0.1) is 0 Å². The number of nitrogens with zero attached hydrogens (tertiary/aromatic N) is 2. The molecule has 5 heteroatoms. The highest BCUT2D eigenvalue weighted by molar-refractivity contribution is 6.33. The number of hydrogen-bond acceptors (Lipinski definition) is 3. The Morgan fingerprint density at radius 2 is 1.87 bits per heavy atom. The van der Waals surface area contributed by atoms with Crippen molar-refractivity contribution in [2.45, 2.75) is 20.4 Å². The molecule has 0 spiro atoms. The summed E-state index contributed by atoms with van der Waals surface area (Å²) in [5.41, 5.74) is 3.92. The number of allylic oxidation sites excluding steroid dienone is 1. The minimum absolute atomic E-state index is 0.0233. The van der Waals surface area contributed by atoms with E-state index < -0.39 is 5.97 Å². The van der Waals surface area contributed by atoms with Crippen molar-refractivity contribution in [2.75, 3.05) is 4.90 Å². The van der Waals surface area contributed by atoms with Crippen molar-refractivity contribution >= 4 is 23.1 Å². The Morgan fingerprint density at radius 1 is 1.13 bits per heavy atom. The molecular formula is C18H16N2O3. The predicted octanol–water partition coefficient (Wildman–Crippen LogP) is 3.12. The lowest BCUT2D eigenvalue weighted by Gasteiger charge is -2.16. The van der Waals surface area contributed by atoms with Gasteiger partial charge in [0.05, 0.1) is 17.9 Å².